The molecule has 1 heterocycles. The third-order valence-electron chi connectivity index (χ3n) is 4.72. The molecule has 0 aliphatic carbocycles. The fourth-order valence-corrected chi connectivity index (χ4v) is 4.75. The molecule has 7 nitrogen and oxygen atoms in total. The summed E-state index contributed by atoms with van der Waals surface area (Å²) in [5.74, 6) is -0.872. The van der Waals surface area contributed by atoms with E-state index in [1.54, 1.807) is 0 Å². The van der Waals surface area contributed by atoms with Crippen LogP contribution in [0.5, 0.6) is 11.5 Å². The number of piperidine rings is 1. The molecule has 1 N–H and O–H groups in total. The topological polar surface area (TPSA) is 84.9 Å². The summed E-state index contributed by atoms with van der Waals surface area (Å²) in [7, 11) is -2.36. The number of hydrogen-bond acceptors (Lipinski definition) is 5. The van der Waals surface area contributed by atoms with Crippen molar-refractivity contribution in [3.63, 3.8) is 0 Å². The molecule has 3 rings (SSSR count). The maximum atomic E-state index is 12.9. The van der Waals surface area contributed by atoms with E-state index in [-0.39, 0.29) is 21.9 Å². The number of alkyl halides is 3. The van der Waals surface area contributed by atoms with Crippen LogP contribution in [-0.2, 0) is 10.0 Å². The average molecular weight is 458 g/mol. The lowest BCUT2D eigenvalue weighted by Crippen LogP contribution is -2.35. The zero-order valence-corrected chi connectivity index (χ0v) is 17.4. The van der Waals surface area contributed by atoms with Gasteiger partial charge in [-0.05, 0) is 55.3 Å². The molecule has 0 unspecified atom stereocenters. The van der Waals surface area contributed by atoms with Crippen molar-refractivity contribution in [2.75, 3.05) is 25.5 Å². The Hall–Kier alpha value is -2.79. The van der Waals surface area contributed by atoms with Gasteiger partial charge in [0.2, 0.25) is 10.0 Å². The van der Waals surface area contributed by atoms with Crippen molar-refractivity contribution in [2.24, 2.45) is 0 Å². The van der Waals surface area contributed by atoms with Crippen LogP contribution in [0.4, 0.5) is 18.9 Å². The third kappa shape index (κ3) is 5.67. The summed E-state index contributed by atoms with van der Waals surface area (Å²) >= 11 is 0. The zero-order valence-electron chi connectivity index (χ0n) is 16.6. The monoisotopic (exact) mass is 458 g/mol. The fraction of sp³-hybridized carbons (Fsp3) is 0.350. The zero-order chi connectivity index (χ0) is 22.6. The standard InChI is InChI=1S/C20H21F3N2O5S/c1-29-18-10-9-16(31(27,28)25-11-3-2-4-12-25)13-17(18)24-19(26)14-5-7-15(8-6-14)30-20(21,22)23/h5-10,13H,2-4,11-12H2,1H3,(H,24,26). The molecule has 1 fully saturated rings. The Labute approximate surface area is 177 Å². The predicted molar refractivity (Wildman–Crippen MR) is 107 cm³/mol. The van der Waals surface area contributed by atoms with E-state index in [0.29, 0.717) is 13.1 Å². The van der Waals surface area contributed by atoms with Crippen LogP contribution in [0.3, 0.4) is 0 Å². The highest BCUT2D eigenvalue weighted by Gasteiger charge is 2.31. The SMILES string of the molecule is COc1ccc(S(=O)(=O)N2CCCCC2)cc1NC(=O)c1ccc(OC(F)(F)F)cc1. The van der Waals surface area contributed by atoms with Gasteiger partial charge in [0.25, 0.3) is 5.91 Å². The minimum absolute atomic E-state index is 0.0134. The molecular formula is C20H21F3N2O5S. The summed E-state index contributed by atoms with van der Waals surface area (Å²) in [6, 6.07) is 8.50. The van der Waals surface area contributed by atoms with E-state index in [1.807, 2.05) is 0 Å². The number of nitrogens with zero attached hydrogens (tertiary/aromatic N) is 1. The molecule has 0 spiro atoms. The quantitative estimate of drug-likeness (QED) is 0.707. The highest BCUT2D eigenvalue weighted by atomic mass is 32.2. The van der Waals surface area contributed by atoms with Gasteiger partial charge in [-0.1, -0.05) is 6.42 Å². The van der Waals surface area contributed by atoms with Gasteiger partial charge in [-0.2, -0.15) is 4.31 Å². The minimum atomic E-state index is -4.84. The molecule has 2 aromatic rings. The summed E-state index contributed by atoms with van der Waals surface area (Å²) in [5.41, 5.74) is 0.182. The van der Waals surface area contributed by atoms with Gasteiger partial charge in [0.15, 0.2) is 0 Å². The summed E-state index contributed by atoms with van der Waals surface area (Å²) in [6.07, 6.45) is -2.29. The lowest BCUT2D eigenvalue weighted by molar-refractivity contribution is -0.274. The van der Waals surface area contributed by atoms with Crippen LogP contribution in [0, 0.1) is 0 Å². The molecule has 0 radical (unpaired) electrons. The number of ether oxygens (including phenoxy) is 2. The van der Waals surface area contributed by atoms with E-state index < -0.39 is 28.0 Å². The molecule has 1 saturated heterocycles. The van der Waals surface area contributed by atoms with Crippen LogP contribution in [0.15, 0.2) is 47.4 Å². The molecule has 1 aliphatic rings. The molecule has 168 valence electrons. The van der Waals surface area contributed by atoms with Gasteiger partial charge < -0.3 is 14.8 Å². The van der Waals surface area contributed by atoms with E-state index in [9.17, 15) is 26.4 Å². The van der Waals surface area contributed by atoms with Gasteiger partial charge >= 0.3 is 6.36 Å². The van der Waals surface area contributed by atoms with Crippen molar-refractivity contribution < 1.29 is 35.9 Å². The number of sulfonamides is 1. The van der Waals surface area contributed by atoms with Gasteiger partial charge in [0, 0.05) is 18.7 Å². The van der Waals surface area contributed by atoms with E-state index in [4.69, 9.17) is 4.74 Å². The summed E-state index contributed by atoms with van der Waals surface area (Å²) < 4.78 is 73.0. The molecule has 31 heavy (non-hydrogen) atoms. The Bertz CT molecular complexity index is 1030. The first-order valence-corrected chi connectivity index (χ1v) is 10.9. The van der Waals surface area contributed by atoms with Crippen molar-refractivity contribution in [3.05, 3.63) is 48.0 Å². The number of carbonyl (C=O) groups is 1. The largest absolute Gasteiger partial charge is 0.573 e. The van der Waals surface area contributed by atoms with Gasteiger partial charge in [-0.25, -0.2) is 8.42 Å². The fourth-order valence-electron chi connectivity index (χ4n) is 3.20. The second-order valence-corrected chi connectivity index (χ2v) is 8.79. The van der Waals surface area contributed by atoms with Crippen molar-refractivity contribution >= 4 is 21.6 Å². The van der Waals surface area contributed by atoms with Crippen LogP contribution in [-0.4, -0.2) is 45.2 Å². The number of halogens is 3. The first kappa shape index (κ1) is 22.9. The van der Waals surface area contributed by atoms with Crippen LogP contribution in [0.2, 0.25) is 0 Å². The molecule has 0 saturated carbocycles. The van der Waals surface area contributed by atoms with E-state index >= 15 is 0 Å². The molecule has 2 aromatic carbocycles. The summed E-state index contributed by atoms with van der Waals surface area (Å²) in [5, 5.41) is 2.55. The lowest BCUT2D eigenvalue weighted by Gasteiger charge is -2.26. The summed E-state index contributed by atoms with van der Waals surface area (Å²) in [6.45, 7) is 0.866. The Morgan fingerprint density at radius 1 is 1.03 bits per heavy atom. The number of rotatable bonds is 6. The van der Waals surface area contributed by atoms with Gasteiger partial charge in [0.1, 0.15) is 11.5 Å². The summed E-state index contributed by atoms with van der Waals surface area (Å²) in [4.78, 5) is 12.6. The van der Waals surface area contributed by atoms with Gasteiger partial charge in [-0.3, -0.25) is 4.79 Å². The lowest BCUT2D eigenvalue weighted by atomic mass is 10.2. The normalized spacial score (nSPS) is 15.4. The maximum Gasteiger partial charge on any atom is 0.573 e. The maximum absolute atomic E-state index is 12.9. The molecule has 1 aliphatic heterocycles. The van der Waals surface area contributed by atoms with Crippen molar-refractivity contribution in [2.45, 2.75) is 30.5 Å². The highest BCUT2D eigenvalue weighted by Crippen LogP contribution is 2.30. The number of benzene rings is 2. The number of nitrogens with one attached hydrogen (secondary N) is 1. The molecule has 1 amide bonds. The van der Waals surface area contributed by atoms with Crippen LogP contribution in [0.1, 0.15) is 29.6 Å². The molecule has 0 atom stereocenters. The second kappa shape index (κ2) is 9.15. The number of methoxy groups -OCH3 is 1. The molecule has 0 aromatic heterocycles. The van der Waals surface area contributed by atoms with Crippen LogP contribution >= 0.6 is 0 Å². The van der Waals surface area contributed by atoms with E-state index in [1.165, 1.54) is 29.6 Å². The minimum Gasteiger partial charge on any atom is -0.495 e. The second-order valence-electron chi connectivity index (χ2n) is 6.85. The first-order valence-electron chi connectivity index (χ1n) is 9.45. The number of hydrogen-bond donors (Lipinski definition) is 1. The molecular weight excluding hydrogens is 437 g/mol. The Kier molecular flexibility index (Phi) is 6.75. The van der Waals surface area contributed by atoms with E-state index in [0.717, 1.165) is 43.5 Å². The van der Waals surface area contributed by atoms with Crippen LogP contribution < -0.4 is 14.8 Å². The Morgan fingerprint density at radius 2 is 1.68 bits per heavy atom. The third-order valence-corrected chi connectivity index (χ3v) is 6.62. The number of anilines is 1. The smallest absolute Gasteiger partial charge is 0.495 e. The van der Waals surface area contributed by atoms with E-state index in [2.05, 4.69) is 10.1 Å². The molecule has 11 heteroatoms. The predicted octanol–water partition coefficient (Wildman–Crippen LogP) is 4.02. The van der Waals surface area contributed by atoms with Crippen LogP contribution in [0.25, 0.3) is 0 Å². The Morgan fingerprint density at radius 3 is 2.26 bits per heavy atom. The molecule has 0 bridgehead atoms. The van der Waals surface area contributed by atoms with Crippen molar-refractivity contribution in [3.8, 4) is 11.5 Å². The number of amides is 1. The van der Waals surface area contributed by atoms with Crippen molar-refractivity contribution in [1.82, 2.24) is 4.31 Å². The first-order chi connectivity index (χ1) is 14.6. The highest BCUT2D eigenvalue weighted by molar-refractivity contribution is 7.89. The van der Waals surface area contributed by atoms with Gasteiger partial charge in [0.05, 0.1) is 17.7 Å². The average Bonchev–Trinajstić information content (AvgIpc) is 2.73. The number of carbonyl (C=O) groups excluding carboxylic acids is 1. The van der Waals surface area contributed by atoms with Crippen molar-refractivity contribution in [1.29, 1.82) is 0 Å². The Balaban J connectivity index is 1.81. The van der Waals surface area contributed by atoms with Gasteiger partial charge in [-0.15, -0.1) is 13.2 Å².